The first-order chi connectivity index (χ1) is 9.65. The molecular formula is C14H20N2O4. The monoisotopic (exact) mass is 280 g/mol. The molecule has 1 aliphatic heterocycles. The molecule has 1 aliphatic rings. The molecule has 0 amide bonds. The summed E-state index contributed by atoms with van der Waals surface area (Å²) >= 11 is 0. The van der Waals surface area contributed by atoms with Gasteiger partial charge in [0.15, 0.2) is 11.5 Å². The number of methoxy groups -OCH3 is 2. The fraction of sp³-hybridized carbons (Fsp3) is 0.500. The zero-order valence-electron chi connectivity index (χ0n) is 11.8. The molecule has 2 N–H and O–H groups in total. The van der Waals surface area contributed by atoms with Crippen molar-refractivity contribution in [2.24, 2.45) is 0 Å². The van der Waals surface area contributed by atoms with Crippen molar-refractivity contribution in [3.63, 3.8) is 0 Å². The van der Waals surface area contributed by atoms with Gasteiger partial charge >= 0.3 is 5.97 Å². The van der Waals surface area contributed by atoms with E-state index < -0.39 is 5.97 Å². The van der Waals surface area contributed by atoms with Gasteiger partial charge in [-0.05, 0) is 17.7 Å². The number of hydrogen-bond donors (Lipinski definition) is 2. The molecule has 1 fully saturated rings. The van der Waals surface area contributed by atoms with Gasteiger partial charge in [0.1, 0.15) is 5.56 Å². The lowest BCUT2D eigenvalue weighted by molar-refractivity contribution is 0.0692. The standard InChI is InChI=1S/C14H20N2O4/c1-19-12-8-10(9-16-5-3-15-4-6-16)7-11(14(17)18)13(12)20-2/h7-8,15H,3-6,9H2,1-2H3,(H,17,18). The van der Waals surface area contributed by atoms with Crippen LogP contribution in [0.5, 0.6) is 11.5 Å². The highest BCUT2D eigenvalue weighted by molar-refractivity contribution is 5.92. The van der Waals surface area contributed by atoms with Crippen molar-refractivity contribution in [2.75, 3.05) is 40.4 Å². The first-order valence-electron chi connectivity index (χ1n) is 6.57. The van der Waals surface area contributed by atoms with Gasteiger partial charge in [-0.15, -0.1) is 0 Å². The number of carboxylic acids is 1. The molecule has 2 rings (SSSR count). The number of rotatable bonds is 5. The van der Waals surface area contributed by atoms with E-state index in [0.29, 0.717) is 12.3 Å². The third-order valence-electron chi connectivity index (χ3n) is 3.38. The van der Waals surface area contributed by atoms with Crippen molar-refractivity contribution in [3.8, 4) is 11.5 Å². The second kappa shape index (κ2) is 6.58. The number of carboxylic acid groups (broad SMARTS) is 1. The van der Waals surface area contributed by atoms with Gasteiger partial charge in [-0.2, -0.15) is 0 Å². The molecular weight excluding hydrogens is 260 g/mol. The Morgan fingerprint density at radius 3 is 2.55 bits per heavy atom. The van der Waals surface area contributed by atoms with Crippen molar-refractivity contribution in [3.05, 3.63) is 23.3 Å². The molecule has 6 nitrogen and oxygen atoms in total. The Labute approximate surface area is 118 Å². The molecule has 0 saturated carbocycles. The van der Waals surface area contributed by atoms with E-state index in [1.165, 1.54) is 14.2 Å². The van der Waals surface area contributed by atoms with Crippen LogP contribution in [0.4, 0.5) is 0 Å². The van der Waals surface area contributed by atoms with E-state index in [-0.39, 0.29) is 11.3 Å². The first kappa shape index (κ1) is 14.6. The Morgan fingerprint density at radius 1 is 1.30 bits per heavy atom. The van der Waals surface area contributed by atoms with E-state index in [4.69, 9.17) is 9.47 Å². The number of piperazine rings is 1. The van der Waals surface area contributed by atoms with Crippen molar-refractivity contribution in [2.45, 2.75) is 6.54 Å². The van der Waals surface area contributed by atoms with Gasteiger partial charge in [0.05, 0.1) is 14.2 Å². The minimum Gasteiger partial charge on any atom is -0.493 e. The summed E-state index contributed by atoms with van der Waals surface area (Å²) in [6.07, 6.45) is 0. The normalized spacial score (nSPS) is 15.9. The molecule has 1 aromatic rings. The Bertz CT molecular complexity index is 484. The van der Waals surface area contributed by atoms with Gasteiger partial charge in [-0.1, -0.05) is 0 Å². The van der Waals surface area contributed by atoms with Crippen LogP contribution in [0, 0.1) is 0 Å². The molecule has 1 saturated heterocycles. The van der Waals surface area contributed by atoms with Crippen LogP contribution in [0.2, 0.25) is 0 Å². The minimum absolute atomic E-state index is 0.136. The van der Waals surface area contributed by atoms with Crippen LogP contribution in [-0.2, 0) is 6.54 Å². The molecule has 0 radical (unpaired) electrons. The van der Waals surface area contributed by atoms with Gasteiger partial charge in [0.25, 0.3) is 0 Å². The molecule has 0 aliphatic carbocycles. The molecule has 1 aromatic carbocycles. The Hall–Kier alpha value is -1.79. The minimum atomic E-state index is -1.01. The SMILES string of the molecule is COc1cc(CN2CCNCC2)cc(C(=O)O)c1OC. The number of nitrogens with zero attached hydrogens (tertiary/aromatic N) is 1. The number of benzene rings is 1. The molecule has 0 bridgehead atoms. The Balaban J connectivity index is 2.28. The number of ether oxygens (including phenoxy) is 2. The lowest BCUT2D eigenvalue weighted by Gasteiger charge is -2.27. The van der Waals surface area contributed by atoms with Gasteiger partial charge in [-0.25, -0.2) is 4.79 Å². The highest BCUT2D eigenvalue weighted by Crippen LogP contribution is 2.33. The summed E-state index contributed by atoms with van der Waals surface area (Å²) in [5, 5.41) is 12.6. The first-order valence-corrected chi connectivity index (χ1v) is 6.57. The molecule has 110 valence electrons. The predicted octanol–water partition coefficient (Wildman–Crippen LogP) is 0.807. The molecule has 6 heteroatoms. The van der Waals surface area contributed by atoms with Crippen LogP contribution in [-0.4, -0.2) is 56.4 Å². The maximum absolute atomic E-state index is 11.3. The van der Waals surface area contributed by atoms with Gasteiger partial charge in [0.2, 0.25) is 0 Å². The summed E-state index contributed by atoms with van der Waals surface area (Å²) in [5.41, 5.74) is 1.05. The molecule has 0 spiro atoms. The summed E-state index contributed by atoms with van der Waals surface area (Å²) in [5.74, 6) is -0.288. The van der Waals surface area contributed by atoms with Crippen LogP contribution in [0.3, 0.4) is 0 Å². The van der Waals surface area contributed by atoms with Gasteiger partial charge < -0.3 is 19.9 Å². The zero-order chi connectivity index (χ0) is 14.5. The van der Waals surface area contributed by atoms with Gasteiger partial charge in [0, 0.05) is 32.7 Å². The van der Waals surface area contributed by atoms with E-state index in [0.717, 1.165) is 31.7 Å². The molecule has 0 aromatic heterocycles. The van der Waals surface area contributed by atoms with Crippen LogP contribution >= 0.6 is 0 Å². The third kappa shape index (κ3) is 3.20. The number of aromatic carboxylic acids is 1. The average molecular weight is 280 g/mol. The fourth-order valence-corrected chi connectivity index (χ4v) is 2.40. The molecule has 0 unspecified atom stereocenters. The Kier molecular flexibility index (Phi) is 4.81. The van der Waals surface area contributed by atoms with Crippen molar-refractivity contribution in [1.82, 2.24) is 10.2 Å². The van der Waals surface area contributed by atoms with Crippen LogP contribution < -0.4 is 14.8 Å². The van der Waals surface area contributed by atoms with E-state index >= 15 is 0 Å². The molecule has 20 heavy (non-hydrogen) atoms. The zero-order valence-corrected chi connectivity index (χ0v) is 11.8. The van der Waals surface area contributed by atoms with Crippen molar-refractivity contribution < 1.29 is 19.4 Å². The maximum atomic E-state index is 11.3. The van der Waals surface area contributed by atoms with Crippen LogP contribution in [0.25, 0.3) is 0 Å². The van der Waals surface area contributed by atoms with E-state index in [9.17, 15) is 9.90 Å². The third-order valence-corrected chi connectivity index (χ3v) is 3.38. The smallest absolute Gasteiger partial charge is 0.339 e. The van der Waals surface area contributed by atoms with E-state index in [2.05, 4.69) is 10.2 Å². The van der Waals surface area contributed by atoms with Crippen molar-refractivity contribution >= 4 is 5.97 Å². The summed E-state index contributed by atoms with van der Waals surface area (Å²) < 4.78 is 10.4. The average Bonchev–Trinajstić information content (AvgIpc) is 2.47. The largest absolute Gasteiger partial charge is 0.493 e. The predicted molar refractivity (Wildman–Crippen MR) is 74.7 cm³/mol. The highest BCUT2D eigenvalue weighted by atomic mass is 16.5. The lowest BCUT2D eigenvalue weighted by Crippen LogP contribution is -2.42. The summed E-state index contributed by atoms with van der Waals surface area (Å²) in [6.45, 7) is 4.54. The second-order valence-electron chi connectivity index (χ2n) is 4.71. The summed E-state index contributed by atoms with van der Waals surface area (Å²) in [7, 11) is 2.96. The highest BCUT2D eigenvalue weighted by Gasteiger charge is 2.19. The van der Waals surface area contributed by atoms with E-state index in [1.54, 1.807) is 6.07 Å². The van der Waals surface area contributed by atoms with Crippen molar-refractivity contribution in [1.29, 1.82) is 0 Å². The second-order valence-corrected chi connectivity index (χ2v) is 4.71. The molecule has 1 heterocycles. The van der Waals surface area contributed by atoms with Gasteiger partial charge in [-0.3, -0.25) is 4.90 Å². The van der Waals surface area contributed by atoms with Crippen LogP contribution in [0.1, 0.15) is 15.9 Å². The van der Waals surface area contributed by atoms with E-state index in [1.807, 2.05) is 6.07 Å². The summed E-state index contributed by atoms with van der Waals surface area (Å²) in [4.78, 5) is 13.6. The topological polar surface area (TPSA) is 71.0 Å². The fourth-order valence-electron chi connectivity index (χ4n) is 2.40. The molecule has 0 atom stereocenters. The number of hydrogen-bond acceptors (Lipinski definition) is 5. The van der Waals surface area contributed by atoms with Crippen LogP contribution in [0.15, 0.2) is 12.1 Å². The number of nitrogens with one attached hydrogen (secondary N) is 1. The number of carbonyl (C=O) groups is 1. The summed E-state index contributed by atoms with van der Waals surface area (Å²) in [6, 6.07) is 3.50. The quantitative estimate of drug-likeness (QED) is 0.831. The Morgan fingerprint density at radius 2 is 2.00 bits per heavy atom. The lowest BCUT2D eigenvalue weighted by atomic mass is 10.1. The maximum Gasteiger partial charge on any atom is 0.339 e.